The quantitative estimate of drug-likeness (QED) is 0.826. The standard InChI is InChI=1S/C15H25FN2O/c1-15(2,3)19-12-11-18(10-6-9-17)14-8-5-4-7-13(14)16/h4-5,7-8H,6,9-12,17H2,1-3H3. The van der Waals surface area contributed by atoms with Gasteiger partial charge in [0, 0.05) is 13.1 Å². The third-order valence-corrected chi connectivity index (χ3v) is 2.72. The van der Waals surface area contributed by atoms with Crippen LogP contribution in [0, 0.1) is 5.82 Å². The molecule has 0 atom stereocenters. The molecule has 1 rings (SSSR count). The fourth-order valence-corrected chi connectivity index (χ4v) is 1.81. The van der Waals surface area contributed by atoms with E-state index in [0.29, 0.717) is 25.4 Å². The Balaban J connectivity index is 2.64. The van der Waals surface area contributed by atoms with Crippen molar-refractivity contribution in [2.24, 2.45) is 5.73 Å². The molecule has 0 fully saturated rings. The first kappa shape index (κ1) is 15.9. The molecule has 0 aromatic heterocycles. The summed E-state index contributed by atoms with van der Waals surface area (Å²) in [6, 6.07) is 6.82. The van der Waals surface area contributed by atoms with Crippen molar-refractivity contribution >= 4 is 5.69 Å². The molecule has 0 unspecified atom stereocenters. The molecule has 19 heavy (non-hydrogen) atoms. The van der Waals surface area contributed by atoms with Crippen molar-refractivity contribution in [2.45, 2.75) is 32.8 Å². The van der Waals surface area contributed by atoms with Crippen LogP contribution in [0.4, 0.5) is 10.1 Å². The van der Waals surface area contributed by atoms with Gasteiger partial charge in [-0.05, 0) is 45.9 Å². The van der Waals surface area contributed by atoms with Gasteiger partial charge in [-0.2, -0.15) is 0 Å². The first-order valence-corrected chi connectivity index (χ1v) is 6.77. The molecule has 3 nitrogen and oxygen atoms in total. The lowest BCUT2D eigenvalue weighted by atomic mass is 10.2. The Bertz CT molecular complexity index is 377. The molecule has 1 aromatic carbocycles. The Morgan fingerprint density at radius 3 is 2.47 bits per heavy atom. The summed E-state index contributed by atoms with van der Waals surface area (Å²) in [4.78, 5) is 1.99. The fraction of sp³-hybridized carbons (Fsp3) is 0.600. The SMILES string of the molecule is CC(C)(C)OCCN(CCCN)c1ccccc1F. The van der Waals surface area contributed by atoms with Gasteiger partial charge in [0.25, 0.3) is 0 Å². The predicted octanol–water partition coefficient (Wildman–Crippen LogP) is 2.80. The van der Waals surface area contributed by atoms with E-state index in [1.165, 1.54) is 6.07 Å². The number of hydrogen-bond donors (Lipinski definition) is 1. The van der Waals surface area contributed by atoms with E-state index in [-0.39, 0.29) is 11.4 Å². The normalized spacial score (nSPS) is 11.6. The van der Waals surface area contributed by atoms with E-state index in [4.69, 9.17) is 10.5 Å². The lowest BCUT2D eigenvalue weighted by molar-refractivity contribution is 0.00132. The zero-order valence-corrected chi connectivity index (χ0v) is 12.2. The minimum atomic E-state index is -0.199. The summed E-state index contributed by atoms with van der Waals surface area (Å²) in [6.45, 7) is 8.62. The number of halogens is 1. The molecule has 0 aliphatic rings. The van der Waals surface area contributed by atoms with Crippen LogP contribution in [0.15, 0.2) is 24.3 Å². The summed E-state index contributed by atoms with van der Waals surface area (Å²) in [5.41, 5.74) is 5.99. The lowest BCUT2D eigenvalue weighted by Crippen LogP contribution is -2.33. The average Bonchev–Trinajstić information content (AvgIpc) is 2.33. The van der Waals surface area contributed by atoms with Gasteiger partial charge in [-0.1, -0.05) is 12.1 Å². The van der Waals surface area contributed by atoms with E-state index in [2.05, 4.69) is 0 Å². The van der Waals surface area contributed by atoms with Crippen molar-refractivity contribution in [3.8, 4) is 0 Å². The predicted molar refractivity (Wildman–Crippen MR) is 78.0 cm³/mol. The van der Waals surface area contributed by atoms with Gasteiger partial charge in [-0.15, -0.1) is 0 Å². The Labute approximate surface area is 115 Å². The Morgan fingerprint density at radius 2 is 1.89 bits per heavy atom. The third kappa shape index (κ3) is 6.03. The highest BCUT2D eigenvalue weighted by atomic mass is 19.1. The number of para-hydroxylation sites is 1. The maximum atomic E-state index is 13.8. The van der Waals surface area contributed by atoms with E-state index >= 15 is 0 Å². The number of anilines is 1. The Morgan fingerprint density at radius 1 is 1.21 bits per heavy atom. The van der Waals surface area contributed by atoms with Crippen LogP contribution < -0.4 is 10.6 Å². The molecule has 0 radical (unpaired) electrons. The van der Waals surface area contributed by atoms with Gasteiger partial charge in [-0.3, -0.25) is 0 Å². The molecule has 0 aliphatic carbocycles. The largest absolute Gasteiger partial charge is 0.374 e. The maximum absolute atomic E-state index is 13.8. The molecule has 0 aliphatic heterocycles. The van der Waals surface area contributed by atoms with Crippen molar-refractivity contribution in [1.29, 1.82) is 0 Å². The second-order valence-electron chi connectivity index (χ2n) is 5.54. The minimum Gasteiger partial charge on any atom is -0.374 e. The van der Waals surface area contributed by atoms with E-state index < -0.39 is 0 Å². The van der Waals surface area contributed by atoms with Crippen molar-refractivity contribution < 1.29 is 9.13 Å². The first-order valence-electron chi connectivity index (χ1n) is 6.77. The van der Waals surface area contributed by atoms with Gasteiger partial charge >= 0.3 is 0 Å². The van der Waals surface area contributed by atoms with E-state index in [1.54, 1.807) is 12.1 Å². The van der Waals surface area contributed by atoms with Crippen molar-refractivity contribution in [2.75, 3.05) is 31.1 Å². The lowest BCUT2D eigenvalue weighted by Gasteiger charge is -2.27. The zero-order chi connectivity index (χ0) is 14.3. The van der Waals surface area contributed by atoms with Gasteiger partial charge in [0.05, 0.1) is 17.9 Å². The Hall–Kier alpha value is -1.13. The van der Waals surface area contributed by atoms with Crippen molar-refractivity contribution in [1.82, 2.24) is 0 Å². The highest BCUT2D eigenvalue weighted by Crippen LogP contribution is 2.19. The molecule has 0 saturated carbocycles. The van der Waals surface area contributed by atoms with Crippen LogP contribution in [0.2, 0.25) is 0 Å². The summed E-state index contributed by atoms with van der Waals surface area (Å²) in [7, 11) is 0. The van der Waals surface area contributed by atoms with E-state index in [9.17, 15) is 4.39 Å². The monoisotopic (exact) mass is 268 g/mol. The van der Waals surface area contributed by atoms with Crippen molar-refractivity contribution in [3.63, 3.8) is 0 Å². The third-order valence-electron chi connectivity index (χ3n) is 2.72. The molecule has 0 saturated heterocycles. The molecular weight excluding hydrogens is 243 g/mol. The fourth-order valence-electron chi connectivity index (χ4n) is 1.81. The summed E-state index contributed by atoms with van der Waals surface area (Å²) in [5.74, 6) is -0.199. The molecule has 0 amide bonds. The van der Waals surface area contributed by atoms with Gasteiger partial charge < -0.3 is 15.4 Å². The minimum absolute atomic E-state index is 0.172. The maximum Gasteiger partial charge on any atom is 0.146 e. The van der Waals surface area contributed by atoms with Crippen LogP contribution >= 0.6 is 0 Å². The topological polar surface area (TPSA) is 38.5 Å². The number of nitrogens with two attached hydrogens (primary N) is 1. The van der Waals surface area contributed by atoms with Gasteiger partial charge in [0.2, 0.25) is 0 Å². The molecule has 0 bridgehead atoms. The van der Waals surface area contributed by atoms with Crippen LogP contribution in [0.3, 0.4) is 0 Å². The highest BCUT2D eigenvalue weighted by molar-refractivity contribution is 5.47. The number of nitrogens with zero attached hydrogens (tertiary/aromatic N) is 1. The number of hydrogen-bond acceptors (Lipinski definition) is 3. The highest BCUT2D eigenvalue weighted by Gasteiger charge is 2.13. The molecular formula is C15H25FN2O. The van der Waals surface area contributed by atoms with E-state index in [1.807, 2.05) is 31.7 Å². The molecule has 1 aromatic rings. The molecule has 4 heteroatoms. The number of benzene rings is 1. The molecule has 108 valence electrons. The smallest absolute Gasteiger partial charge is 0.146 e. The zero-order valence-electron chi connectivity index (χ0n) is 12.2. The summed E-state index contributed by atoms with van der Waals surface area (Å²) in [5, 5.41) is 0. The summed E-state index contributed by atoms with van der Waals surface area (Å²) < 4.78 is 19.5. The van der Waals surface area contributed by atoms with Gasteiger partial charge in [0.15, 0.2) is 0 Å². The van der Waals surface area contributed by atoms with Gasteiger partial charge in [-0.25, -0.2) is 4.39 Å². The average molecular weight is 268 g/mol. The van der Waals surface area contributed by atoms with E-state index in [0.717, 1.165) is 13.0 Å². The van der Waals surface area contributed by atoms with Crippen LogP contribution in [0.1, 0.15) is 27.2 Å². The second kappa shape index (κ2) is 7.46. The molecule has 0 spiro atoms. The van der Waals surface area contributed by atoms with Crippen LogP contribution in [-0.4, -0.2) is 31.8 Å². The van der Waals surface area contributed by atoms with Crippen LogP contribution in [0.5, 0.6) is 0 Å². The molecule has 2 N–H and O–H groups in total. The Kier molecular flexibility index (Phi) is 6.25. The summed E-state index contributed by atoms with van der Waals surface area (Å²) in [6.07, 6.45) is 0.837. The summed E-state index contributed by atoms with van der Waals surface area (Å²) >= 11 is 0. The number of ether oxygens (including phenoxy) is 1. The van der Waals surface area contributed by atoms with Crippen LogP contribution in [0.25, 0.3) is 0 Å². The van der Waals surface area contributed by atoms with Gasteiger partial charge in [0.1, 0.15) is 5.82 Å². The first-order chi connectivity index (χ1) is 8.94. The second-order valence-corrected chi connectivity index (χ2v) is 5.54. The van der Waals surface area contributed by atoms with Crippen molar-refractivity contribution in [3.05, 3.63) is 30.1 Å². The molecule has 0 heterocycles. The number of rotatable bonds is 7. The van der Waals surface area contributed by atoms with Crippen LogP contribution in [-0.2, 0) is 4.74 Å².